The van der Waals surface area contributed by atoms with E-state index in [2.05, 4.69) is 4.72 Å². The van der Waals surface area contributed by atoms with Crippen molar-refractivity contribution in [1.29, 1.82) is 0 Å². The molecule has 6 nitrogen and oxygen atoms in total. The zero-order valence-corrected chi connectivity index (χ0v) is 12.6. The SMILES string of the molecule is CCOc1ccc(S(=O)(=O)Nc2ccccc2C(=O)O)cc1. The predicted octanol–water partition coefficient (Wildman–Crippen LogP) is 2.58. The van der Waals surface area contributed by atoms with Crippen LogP contribution in [0.25, 0.3) is 0 Å². The van der Waals surface area contributed by atoms with Crippen molar-refractivity contribution < 1.29 is 23.1 Å². The summed E-state index contributed by atoms with van der Waals surface area (Å²) >= 11 is 0. The van der Waals surface area contributed by atoms with Crippen LogP contribution in [0.2, 0.25) is 0 Å². The van der Waals surface area contributed by atoms with Gasteiger partial charge in [0.15, 0.2) is 0 Å². The molecule has 0 spiro atoms. The number of sulfonamides is 1. The molecular weight excluding hydrogens is 306 g/mol. The van der Waals surface area contributed by atoms with Gasteiger partial charge in [-0.25, -0.2) is 13.2 Å². The van der Waals surface area contributed by atoms with E-state index < -0.39 is 16.0 Å². The number of benzene rings is 2. The van der Waals surface area contributed by atoms with Crippen molar-refractivity contribution in [2.45, 2.75) is 11.8 Å². The van der Waals surface area contributed by atoms with Crippen LogP contribution in [0.4, 0.5) is 5.69 Å². The van der Waals surface area contributed by atoms with Gasteiger partial charge in [0.25, 0.3) is 10.0 Å². The number of carboxylic acids is 1. The summed E-state index contributed by atoms with van der Waals surface area (Å²) in [4.78, 5) is 11.1. The van der Waals surface area contributed by atoms with E-state index in [1.807, 2.05) is 6.92 Å². The Bertz CT molecular complexity index is 769. The molecule has 22 heavy (non-hydrogen) atoms. The molecule has 2 rings (SSSR count). The standard InChI is InChI=1S/C15H15NO5S/c1-2-21-11-7-9-12(10-8-11)22(19,20)16-14-6-4-3-5-13(14)15(17)18/h3-10,16H,2H2,1H3,(H,17,18). The van der Waals surface area contributed by atoms with E-state index in [0.717, 1.165) is 0 Å². The zero-order valence-electron chi connectivity index (χ0n) is 11.8. The van der Waals surface area contributed by atoms with E-state index in [1.54, 1.807) is 18.2 Å². The molecule has 0 radical (unpaired) electrons. The third-order valence-electron chi connectivity index (χ3n) is 2.85. The van der Waals surface area contributed by atoms with Crippen LogP contribution in [0.1, 0.15) is 17.3 Å². The zero-order chi connectivity index (χ0) is 16.2. The lowest BCUT2D eigenvalue weighted by Crippen LogP contribution is -2.15. The minimum atomic E-state index is -3.87. The fourth-order valence-corrected chi connectivity index (χ4v) is 2.92. The number of hydrogen-bond donors (Lipinski definition) is 2. The van der Waals surface area contributed by atoms with Crippen LogP contribution < -0.4 is 9.46 Å². The maximum absolute atomic E-state index is 12.3. The van der Waals surface area contributed by atoms with Crippen molar-refractivity contribution in [1.82, 2.24) is 0 Å². The molecule has 0 amide bonds. The highest BCUT2D eigenvalue weighted by Gasteiger charge is 2.18. The summed E-state index contributed by atoms with van der Waals surface area (Å²) in [5.41, 5.74) is -0.0964. The first kappa shape index (κ1) is 15.8. The Balaban J connectivity index is 2.30. The Labute approximate surface area is 128 Å². The normalized spacial score (nSPS) is 11.0. The molecule has 0 bridgehead atoms. The second-order valence-corrected chi connectivity index (χ2v) is 6.04. The van der Waals surface area contributed by atoms with Crippen LogP contribution in [0, 0.1) is 0 Å². The molecular formula is C15H15NO5S. The Morgan fingerprint density at radius 1 is 1.14 bits per heavy atom. The second-order valence-electron chi connectivity index (χ2n) is 4.36. The average Bonchev–Trinajstić information content (AvgIpc) is 2.48. The van der Waals surface area contributed by atoms with Gasteiger partial charge in [-0.2, -0.15) is 0 Å². The Morgan fingerprint density at radius 2 is 1.77 bits per heavy atom. The largest absolute Gasteiger partial charge is 0.494 e. The maximum Gasteiger partial charge on any atom is 0.337 e. The quantitative estimate of drug-likeness (QED) is 0.853. The number of ether oxygens (including phenoxy) is 1. The van der Waals surface area contributed by atoms with Gasteiger partial charge in [0.1, 0.15) is 5.75 Å². The minimum absolute atomic E-state index is 0.0175. The van der Waals surface area contributed by atoms with E-state index in [1.165, 1.54) is 30.3 Å². The predicted molar refractivity (Wildman–Crippen MR) is 81.8 cm³/mol. The number of rotatable bonds is 6. The lowest BCUT2D eigenvalue weighted by Gasteiger charge is -2.11. The molecule has 0 atom stereocenters. The highest BCUT2D eigenvalue weighted by molar-refractivity contribution is 7.92. The van der Waals surface area contributed by atoms with Crippen LogP contribution in [0.5, 0.6) is 5.75 Å². The van der Waals surface area contributed by atoms with Gasteiger partial charge < -0.3 is 9.84 Å². The first-order valence-corrected chi connectivity index (χ1v) is 8.00. The molecule has 0 aromatic heterocycles. The molecule has 0 aliphatic rings. The highest BCUT2D eigenvalue weighted by Crippen LogP contribution is 2.21. The van der Waals surface area contributed by atoms with Crippen molar-refractivity contribution in [3.63, 3.8) is 0 Å². The minimum Gasteiger partial charge on any atom is -0.494 e. The molecule has 0 saturated heterocycles. The van der Waals surface area contributed by atoms with Crippen LogP contribution in [-0.2, 0) is 10.0 Å². The summed E-state index contributed by atoms with van der Waals surface area (Å²) in [5.74, 6) is -0.641. The van der Waals surface area contributed by atoms with Crippen molar-refractivity contribution >= 4 is 21.7 Å². The highest BCUT2D eigenvalue weighted by atomic mass is 32.2. The molecule has 0 saturated carbocycles. The topological polar surface area (TPSA) is 92.7 Å². The third kappa shape index (κ3) is 3.56. The van der Waals surface area contributed by atoms with Crippen LogP contribution >= 0.6 is 0 Å². The van der Waals surface area contributed by atoms with Gasteiger partial charge in [0.05, 0.1) is 22.8 Å². The maximum atomic E-state index is 12.3. The van der Waals surface area contributed by atoms with Gasteiger partial charge >= 0.3 is 5.97 Å². The van der Waals surface area contributed by atoms with E-state index in [4.69, 9.17) is 9.84 Å². The van der Waals surface area contributed by atoms with Crippen molar-refractivity contribution in [2.75, 3.05) is 11.3 Å². The van der Waals surface area contributed by atoms with E-state index in [-0.39, 0.29) is 16.1 Å². The molecule has 2 aromatic carbocycles. The summed E-state index contributed by atoms with van der Waals surface area (Å²) in [7, 11) is -3.87. The molecule has 0 heterocycles. The monoisotopic (exact) mass is 321 g/mol. The van der Waals surface area contributed by atoms with Crippen LogP contribution in [0.15, 0.2) is 53.4 Å². The van der Waals surface area contributed by atoms with Gasteiger partial charge in [0.2, 0.25) is 0 Å². The van der Waals surface area contributed by atoms with Crippen molar-refractivity contribution in [3.05, 3.63) is 54.1 Å². The number of hydrogen-bond acceptors (Lipinski definition) is 4. The second kappa shape index (κ2) is 6.48. The molecule has 0 aliphatic carbocycles. The number of nitrogens with one attached hydrogen (secondary N) is 1. The molecule has 2 N–H and O–H groups in total. The van der Waals surface area contributed by atoms with Crippen LogP contribution in [0.3, 0.4) is 0 Å². The third-order valence-corrected chi connectivity index (χ3v) is 4.23. The smallest absolute Gasteiger partial charge is 0.337 e. The fourth-order valence-electron chi connectivity index (χ4n) is 1.84. The summed E-state index contributed by atoms with van der Waals surface area (Å²) in [6.45, 7) is 2.31. The van der Waals surface area contributed by atoms with Gasteiger partial charge in [-0.1, -0.05) is 12.1 Å². The van der Waals surface area contributed by atoms with E-state index in [9.17, 15) is 13.2 Å². The number of anilines is 1. The Kier molecular flexibility index (Phi) is 4.67. The van der Waals surface area contributed by atoms with Gasteiger partial charge in [0, 0.05) is 0 Å². The molecule has 2 aromatic rings. The lowest BCUT2D eigenvalue weighted by atomic mass is 10.2. The first-order valence-electron chi connectivity index (χ1n) is 6.52. The van der Waals surface area contributed by atoms with E-state index in [0.29, 0.717) is 12.4 Å². The number of carboxylic acid groups (broad SMARTS) is 1. The van der Waals surface area contributed by atoms with Crippen LogP contribution in [-0.4, -0.2) is 26.1 Å². The molecule has 116 valence electrons. The molecule has 0 aliphatic heterocycles. The summed E-state index contributed by atoms with van der Waals surface area (Å²) in [6.07, 6.45) is 0. The average molecular weight is 321 g/mol. The number of aromatic carboxylic acids is 1. The van der Waals surface area contributed by atoms with Crippen molar-refractivity contribution in [2.24, 2.45) is 0 Å². The fraction of sp³-hybridized carbons (Fsp3) is 0.133. The summed E-state index contributed by atoms with van der Waals surface area (Å²) in [6, 6.07) is 11.7. The Morgan fingerprint density at radius 3 is 2.36 bits per heavy atom. The number of carbonyl (C=O) groups is 1. The van der Waals surface area contributed by atoms with E-state index >= 15 is 0 Å². The van der Waals surface area contributed by atoms with Gasteiger partial charge in [-0.05, 0) is 43.3 Å². The summed E-state index contributed by atoms with van der Waals surface area (Å²) in [5, 5.41) is 9.08. The van der Waals surface area contributed by atoms with Crippen molar-refractivity contribution in [3.8, 4) is 5.75 Å². The molecule has 0 fully saturated rings. The van der Waals surface area contributed by atoms with Gasteiger partial charge in [-0.3, -0.25) is 4.72 Å². The molecule has 0 unspecified atom stereocenters. The molecule has 7 heteroatoms. The van der Waals surface area contributed by atoms with Gasteiger partial charge in [-0.15, -0.1) is 0 Å². The summed E-state index contributed by atoms with van der Waals surface area (Å²) < 4.78 is 32.1. The number of para-hydroxylation sites is 1. The lowest BCUT2D eigenvalue weighted by molar-refractivity contribution is 0.0698. The first-order chi connectivity index (χ1) is 10.4. The Hall–Kier alpha value is -2.54.